The van der Waals surface area contributed by atoms with Crippen LogP contribution in [0.4, 0.5) is 0 Å². The van der Waals surface area contributed by atoms with E-state index in [1.807, 2.05) is 31.3 Å². The zero-order valence-electron chi connectivity index (χ0n) is 10.4. The summed E-state index contributed by atoms with van der Waals surface area (Å²) in [4.78, 5) is 4.41. The molecule has 0 fully saturated rings. The fourth-order valence-electron chi connectivity index (χ4n) is 1.82. The zero-order valence-corrected chi connectivity index (χ0v) is 10.4. The van der Waals surface area contributed by atoms with Crippen molar-refractivity contribution >= 4 is 6.08 Å². The van der Waals surface area contributed by atoms with Gasteiger partial charge in [-0.25, -0.2) is 0 Å². The number of hydrogen-bond acceptors (Lipinski definition) is 1. The number of pyridine rings is 1. The molecule has 0 amide bonds. The van der Waals surface area contributed by atoms with Gasteiger partial charge in [-0.2, -0.15) is 0 Å². The first kappa shape index (κ1) is 11.6. The highest BCUT2D eigenvalue weighted by molar-refractivity contribution is 5.64. The van der Waals surface area contributed by atoms with E-state index in [-0.39, 0.29) is 0 Å². The molecule has 0 saturated heterocycles. The minimum atomic E-state index is 1.00. The van der Waals surface area contributed by atoms with E-state index in [0.29, 0.717) is 0 Å². The van der Waals surface area contributed by atoms with Gasteiger partial charge in [0.15, 0.2) is 0 Å². The highest BCUT2D eigenvalue weighted by Gasteiger charge is 1.99. The summed E-state index contributed by atoms with van der Waals surface area (Å²) in [6, 6.07) is 12.8. The van der Waals surface area contributed by atoms with Crippen molar-refractivity contribution < 1.29 is 0 Å². The average Bonchev–Trinajstić information content (AvgIpc) is 2.40. The van der Waals surface area contributed by atoms with Crippen LogP contribution in [0.15, 0.2) is 48.7 Å². The molecule has 1 aromatic heterocycles. The molecule has 0 spiro atoms. The first-order chi connectivity index (χ1) is 8.33. The Bertz CT molecular complexity index is 509. The Labute approximate surface area is 103 Å². The second-order valence-electron chi connectivity index (χ2n) is 4.03. The predicted octanol–water partition coefficient (Wildman–Crippen LogP) is 4.34. The Hall–Kier alpha value is -1.89. The molecule has 0 unspecified atom stereocenters. The van der Waals surface area contributed by atoms with E-state index in [4.69, 9.17) is 0 Å². The van der Waals surface area contributed by atoms with Crippen LogP contribution in [-0.2, 0) is 6.42 Å². The van der Waals surface area contributed by atoms with E-state index in [1.54, 1.807) is 0 Å². The first-order valence-corrected chi connectivity index (χ1v) is 6.01. The lowest BCUT2D eigenvalue weighted by molar-refractivity contribution is 1.14. The summed E-state index contributed by atoms with van der Waals surface area (Å²) >= 11 is 0. The fraction of sp³-hybridized carbons (Fsp3) is 0.188. The minimum Gasteiger partial charge on any atom is -0.256 e. The number of allylic oxidation sites excluding steroid dienone is 1. The fourth-order valence-corrected chi connectivity index (χ4v) is 1.82. The molecule has 1 heteroatoms. The molecule has 0 bridgehead atoms. The maximum Gasteiger partial charge on any atom is 0.0626 e. The van der Waals surface area contributed by atoms with E-state index in [2.05, 4.69) is 42.2 Å². The van der Waals surface area contributed by atoms with Gasteiger partial charge in [0.2, 0.25) is 0 Å². The Morgan fingerprint density at radius 1 is 1.12 bits per heavy atom. The van der Waals surface area contributed by atoms with Gasteiger partial charge in [-0.3, -0.25) is 4.98 Å². The van der Waals surface area contributed by atoms with Gasteiger partial charge < -0.3 is 0 Å². The third kappa shape index (κ3) is 2.82. The summed E-state index contributed by atoms with van der Waals surface area (Å²) < 4.78 is 0. The van der Waals surface area contributed by atoms with Crippen LogP contribution in [0, 0.1) is 0 Å². The van der Waals surface area contributed by atoms with Crippen LogP contribution in [0.2, 0.25) is 0 Å². The predicted molar refractivity (Wildman–Crippen MR) is 73.8 cm³/mol. The molecule has 0 saturated carbocycles. The van der Waals surface area contributed by atoms with Gasteiger partial charge in [0, 0.05) is 11.8 Å². The maximum atomic E-state index is 4.41. The molecule has 1 heterocycles. The Morgan fingerprint density at radius 2 is 2.00 bits per heavy atom. The van der Waals surface area contributed by atoms with Crippen molar-refractivity contribution in [2.75, 3.05) is 0 Å². The van der Waals surface area contributed by atoms with Gasteiger partial charge in [-0.15, -0.1) is 0 Å². The summed E-state index contributed by atoms with van der Waals surface area (Å²) in [5.74, 6) is 0. The quantitative estimate of drug-likeness (QED) is 0.754. The molecule has 0 aliphatic carbocycles. The topological polar surface area (TPSA) is 12.9 Å². The van der Waals surface area contributed by atoms with Crippen molar-refractivity contribution in [2.45, 2.75) is 20.3 Å². The summed E-state index contributed by atoms with van der Waals surface area (Å²) in [5, 5.41) is 0. The van der Waals surface area contributed by atoms with Gasteiger partial charge in [-0.05, 0) is 36.6 Å². The molecule has 0 aliphatic rings. The minimum absolute atomic E-state index is 1.00. The van der Waals surface area contributed by atoms with Crippen LogP contribution in [-0.4, -0.2) is 4.98 Å². The van der Waals surface area contributed by atoms with Crippen molar-refractivity contribution in [3.63, 3.8) is 0 Å². The highest BCUT2D eigenvalue weighted by atomic mass is 14.7. The molecular weight excluding hydrogens is 206 g/mol. The summed E-state index contributed by atoms with van der Waals surface area (Å²) in [6.45, 7) is 4.17. The van der Waals surface area contributed by atoms with Gasteiger partial charge in [0.05, 0.1) is 5.69 Å². The number of benzene rings is 1. The van der Waals surface area contributed by atoms with E-state index >= 15 is 0 Å². The van der Waals surface area contributed by atoms with E-state index in [1.165, 1.54) is 16.7 Å². The van der Waals surface area contributed by atoms with Gasteiger partial charge in [-0.1, -0.05) is 43.3 Å². The van der Waals surface area contributed by atoms with Crippen LogP contribution in [0.1, 0.15) is 25.1 Å². The van der Waals surface area contributed by atoms with Crippen LogP contribution in [0.5, 0.6) is 0 Å². The lowest BCUT2D eigenvalue weighted by atomic mass is 10.0. The number of hydrogen-bond donors (Lipinski definition) is 0. The Morgan fingerprint density at radius 3 is 2.65 bits per heavy atom. The third-order valence-corrected chi connectivity index (χ3v) is 2.79. The van der Waals surface area contributed by atoms with Crippen molar-refractivity contribution in [1.29, 1.82) is 0 Å². The normalized spacial score (nSPS) is 10.9. The molecule has 0 atom stereocenters. The molecule has 2 rings (SSSR count). The largest absolute Gasteiger partial charge is 0.256 e. The molecule has 2 aromatic rings. The van der Waals surface area contributed by atoms with Crippen LogP contribution < -0.4 is 0 Å². The van der Waals surface area contributed by atoms with Crippen molar-refractivity contribution in [3.8, 4) is 11.1 Å². The zero-order chi connectivity index (χ0) is 12.1. The number of aromatic nitrogens is 1. The highest BCUT2D eigenvalue weighted by Crippen LogP contribution is 2.20. The van der Waals surface area contributed by atoms with E-state index in [0.717, 1.165) is 12.1 Å². The Kier molecular flexibility index (Phi) is 3.71. The monoisotopic (exact) mass is 223 g/mol. The molecule has 0 N–H and O–H groups in total. The molecular formula is C16H17N. The van der Waals surface area contributed by atoms with Gasteiger partial charge >= 0.3 is 0 Å². The molecule has 0 radical (unpaired) electrons. The van der Waals surface area contributed by atoms with Crippen molar-refractivity contribution in [3.05, 3.63) is 59.9 Å². The SMILES string of the molecule is C/C=C/c1ccc(-c2cccc(CC)c2)cn1. The van der Waals surface area contributed by atoms with E-state index < -0.39 is 0 Å². The Balaban J connectivity index is 2.32. The smallest absolute Gasteiger partial charge is 0.0626 e. The average molecular weight is 223 g/mol. The summed E-state index contributed by atoms with van der Waals surface area (Å²) in [6.07, 6.45) is 7.01. The second-order valence-corrected chi connectivity index (χ2v) is 4.03. The second kappa shape index (κ2) is 5.44. The molecule has 1 aromatic carbocycles. The number of nitrogens with zero attached hydrogens (tertiary/aromatic N) is 1. The first-order valence-electron chi connectivity index (χ1n) is 6.01. The number of rotatable bonds is 3. The lowest BCUT2D eigenvalue weighted by Gasteiger charge is -2.04. The van der Waals surface area contributed by atoms with Crippen molar-refractivity contribution in [1.82, 2.24) is 4.98 Å². The van der Waals surface area contributed by atoms with Gasteiger partial charge in [0.1, 0.15) is 0 Å². The van der Waals surface area contributed by atoms with Crippen LogP contribution in [0.3, 0.4) is 0 Å². The van der Waals surface area contributed by atoms with Gasteiger partial charge in [0.25, 0.3) is 0 Å². The summed E-state index contributed by atoms with van der Waals surface area (Å²) in [5.41, 5.74) is 4.78. The van der Waals surface area contributed by atoms with Crippen molar-refractivity contribution in [2.24, 2.45) is 0 Å². The maximum absolute atomic E-state index is 4.41. The van der Waals surface area contributed by atoms with Crippen LogP contribution in [0.25, 0.3) is 17.2 Å². The third-order valence-electron chi connectivity index (χ3n) is 2.79. The molecule has 17 heavy (non-hydrogen) atoms. The molecule has 0 aliphatic heterocycles. The van der Waals surface area contributed by atoms with Crippen LogP contribution >= 0.6 is 0 Å². The summed E-state index contributed by atoms with van der Waals surface area (Å²) in [7, 11) is 0. The van der Waals surface area contributed by atoms with E-state index in [9.17, 15) is 0 Å². The lowest BCUT2D eigenvalue weighted by Crippen LogP contribution is -1.85. The molecule has 86 valence electrons. The number of aryl methyl sites for hydroxylation is 1. The standard InChI is InChI=1S/C16H17N/c1-3-6-16-10-9-15(12-17-16)14-8-5-7-13(4-2)11-14/h3,5-12H,4H2,1-2H3/b6-3+. The molecule has 1 nitrogen and oxygen atoms in total.